The van der Waals surface area contributed by atoms with Crippen LogP contribution in [0.15, 0.2) is 60.7 Å². The third kappa shape index (κ3) is 4.41. The number of alkyl halides is 1. The van der Waals surface area contributed by atoms with Crippen molar-refractivity contribution in [1.82, 2.24) is 4.98 Å². The Bertz CT molecular complexity index is 817. The van der Waals surface area contributed by atoms with E-state index in [2.05, 4.69) is 4.98 Å². The Morgan fingerprint density at radius 1 is 0.833 bits per heavy atom. The molecule has 0 saturated carbocycles. The molecule has 0 amide bonds. The molecule has 2 nitrogen and oxygen atoms in total. The number of pyridine rings is 1. The molecule has 0 radical (unpaired) electrons. The maximum absolute atomic E-state index is 6.09. The van der Waals surface area contributed by atoms with Crippen LogP contribution in [0.25, 0.3) is 11.3 Å². The van der Waals surface area contributed by atoms with Crippen LogP contribution in [-0.2, 0) is 12.5 Å². The van der Waals surface area contributed by atoms with E-state index in [-0.39, 0.29) is 0 Å². The third-order valence-corrected chi connectivity index (χ3v) is 4.15. The highest BCUT2D eigenvalue weighted by atomic mass is 35.5. The predicted octanol–water partition coefficient (Wildman–Crippen LogP) is 6.37. The fraction of sp³-hybridized carbons (Fsp3) is 0.105. The van der Waals surface area contributed by atoms with Crippen LogP contribution in [0.1, 0.15) is 11.1 Å². The average molecular weight is 379 g/mol. The molecule has 0 aliphatic heterocycles. The van der Waals surface area contributed by atoms with Crippen LogP contribution < -0.4 is 4.74 Å². The van der Waals surface area contributed by atoms with Crippen molar-refractivity contribution in [1.29, 1.82) is 0 Å². The van der Waals surface area contributed by atoms with Gasteiger partial charge in [0.1, 0.15) is 6.61 Å². The second-order valence-corrected chi connectivity index (χ2v) is 6.41. The van der Waals surface area contributed by atoms with Gasteiger partial charge in [-0.15, -0.1) is 11.6 Å². The van der Waals surface area contributed by atoms with Gasteiger partial charge in [0.2, 0.25) is 5.88 Å². The van der Waals surface area contributed by atoms with E-state index in [1.165, 1.54) is 0 Å². The van der Waals surface area contributed by atoms with Gasteiger partial charge in [-0.1, -0.05) is 53.5 Å². The summed E-state index contributed by atoms with van der Waals surface area (Å²) in [5, 5.41) is 1.12. The number of rotatable bonds is 5. The molecular formula is C19H14Cl3NO. The summed E-state index contributed by atoms with van der Waals surface area (Å²) in [6.45, 7) is 0.440. The number of aromatic nitrogens is 1. The minimum atomic E-state index is 0.367. The number of nitrogens with zero attached hydrogens (tertiary/aromatic N) is 1. The summed E-state index contributed by atoms with van der Waals surface area (Å²) < 4.78 is 5.82. The molecule has 1 heterocycles. The van der Waals surface area contributed by atoms with Crippen molar-refractivity contribution in [2.24, 2.45) is 0 Å². The zero-order valence-electron chi connectivity index (χ0n) is 12.7. The molecule has 0 atom stereocenters. The van der Waals surface area contributed by atoms with E-state index in [0.717, 1.165) is 22.4 Å². The SMILES string of the molecule is ClCc1cc(OCc2ccccc2)nc(-c2cc(Cl)cc(Cl)c2)c1. The topological polar surface area (TPSA) is 22.1 Å². The molecule has 122 valence electrons. The molecule has 0 saturated heterocycles. The molecule has 0 aliphatic rings. The molecule has 0 bridgehead atoms. The maximum Gasteiger partial charge on any atom is 0.214 e. The van der Waals surface area contributed by atoms with E-state index in [4.69, 9.17) is 39.5 Å². The van der Waals surface area contributed by atoms with Crippen LogP contribution in [0.3, 0.4) is 0 Å². The first-order valence-corrected chi connectivity index (χ1v) is 8.63. The van der Waals surface area contributed by atoms with Gasteiger partial charge in [-0.25, -0.2) is 4.98 Å². The van der Waals surface area contributed by atoms with Crippen molar-refractivity contribution in [2.45, 2.75) is 12.5 Å². The van der Waals surface area contributed by atoms with Crippen molar-refractivity contribution < 1.29 is 4.74 Å². The Morgan fingerprint density at radius 2 is 1.54 bits per heavy atom. The van der Waals surface area contributed by atoms with Gasteiger partial charge in [0.15, 0.2) is 0 Å². The van der Waals surface area contributed by atoms with Gasteiger partial charge in [0, 0.05) is 27.6 Å². The van der Waals surface area contributed by atoms with E-state index >= 15 is 0 Å². The van der Waals surface area contributed by atoms with E-state index in [1.807, 2.05) is 54.6 Å². The lowest BCUT2D eigenvalue weighted by molar-refractivity contribution is 0.294. The first-order chi connectivity index (χ1) is 11.6. The van der Waals surface area contributed by atoms with Gasteiger partial charge in [-0.2, -0.15) is 0 Å². The van der Waals surface area contributed by atoms with Gasteiger partial charge in [0.05, 0.1) is 5.69 Å². The molecular weight excluding hydrogens is 365 g/mol. The molecule has 3 rings (SSSR count). The van der Waals surface area contributed by atoms with E-state index in [9.17, 15) is 0 Å². The van der Waals surface area contributed by atoms with E-state index < -0.39 is 0 Å². The van der Waals surface area contributed by atoms with Crippen molar-refractivity contribution in [3.05, 3.63) is 81.8 Å². The van der Waals surface area contributed by atoms with Crippen LogP contribution in [0.2, 0.25) is 10.0 Å². The summed E-state index contributed by atoms with van der Waals surface area (Å²) in [5.74, 6) is 0.883. The van der Waals surface area contributed by atoms with E-state index in [1.54, 1.807) is 6.07 Å². The van der Waals surface area contributed by atoms with Crippen LogP contribution in [0, 0.1) is 0 Å². The number of benzene rings is 2. The van der Waals surface area contributed by atoms with E-state index in [0.29, 0.717) is 28.4 Å². The fourth-order valence-corrected chi connectivity index (χ4v) is 2.97. The van der Waals surface area contributed by atoms with Crippen molar-refractivity contribution in [3.63, 3.8) is 0 Å². The third-order valence-electron chi connectivity index (χ3n) is 3.40. The molecule has 3 aromatic rings. The minimum Gasteiger partial charge on any atom is -0.473 e. The largest absolute Gasteiger partial charge is 0.473 e. The number of hydrogen-bond acceptors (Lipinski definition) is 2. The average Bonchev–Trinajstić information content (AvgIpc) is 2.60. The Hall–Kier alpha value is -1.74. The highest BCUT2D eigenvalue weighted by molar-refractivity contribution is 6.35. The summed E-state index contributed by atoms with van der Waals surface area (Å²) in [6, 6.07) is 19.0. The monoisotopic (exact) mass is 377 g/mol. The smallest absolute Gasteiger partial charge is 0.214 e. The predicted molar refractivity (Wildman–Crippen MR) is 100 cm³/mol. The second-order valence-electron chi connectivity index (χ2n) is 5.26. The van der Waals surface area contributed by atoms with Crippen LogP contribution in [0.5, 0.6) is 5.88 Å². The summed E-state index contributed by atoms with van der Waals surface area (Å²) in [7, 11) is 0. The number of ether oxygens (including phenoxy) is 1. The fourth-order valence-electron chi connectivity index (χ4n) is 2.29. The normalized spacial score (nSPS) is 10.6. The molecule has 0 unspecified atom stereocenters. The lowest BCUT2D eigenvalue weighted by Gasteiger charge is -2.10. The highest BCUT2D eigenvalue weighted by Crippen LogP contribution is 2.29. The second kappa shape index (κ2) is 7.89. The maximum atomic E-state index is 6.09. The van der Waals surface area contributed by atoms with Gasteiger partial charge >= 0.3 is 0 Å². The van der Waals surface area contributed by atoms with Gasteiger partial charge in [-0.3, -0.25) is 0 Å². The zero-order chi connectivity index (χ0) is 16.9. The van der Waals surface area contributed by atoms with Crippen LogP contribution >= 0.6 is 34.8 Å². The standard InChI is InChI=1S/C19H14Cl3NO/c20-11-14-6-18(15-8-16(21)10-17(22)9-15)23-19(7-14)24-12-13-4-2-1-3-5-13/h1-10H,11-12H2. The van der Waals surface area contributed by atoms with Crippen molar-refractivity contribution in [2.75, 3.05) is 0 Å². The highest BCUT2D eigenvalue weighted by Gasteiger charge is 2.08. The summed E-state index contributed by atoms with van der Waals surface area (Å²) in [6.07, 6.45) is 0. The summed E-state index contributed by atoms with van der Waals surface area (Å²) in [4.78, 5) is 4.55. The summed E-state index contributed by atoms with van der Waals surface area (Å²) in [5.41, 5.74) is 3.54. The molecule has 1 aromatic heterocycles. The number of halogens is 3. The van der Waals surface area contributed by atoms with Crippen LogP contribution in [-0.4, -0.2) is 4.98 Å². The Balaban J connectivity index is 1.90. The Kier molecular flexibility index (Phi) is 5.62. The van der Waals surface area contributed by atoms with Crippen LogP contribution in [0.4, 0.5) is 0 Å². The lowest BCUT2D eigenvalue weighted by Crippen LogP contribution is -1.99. The first kappa shape index (κ1) is 17.1. The quantitative estimate of drug-likeness (QED) is 0.481. The number of hydrogen-bond donors (Lipinski definition) is 0. The molecule has 0 spiro atoms. The minimum absolute atomic E-state index is 0.367. The van der Waals surface area contributed by atoms with Gasteiger partial charge in [0.25, 0.3) is 0 Å². The van der Waals surface area contributed by atoms with Crippen molar-refractivity contribution in [3.8, 4) is 17.1 Å². The Labute approximate surface area is 156 Å². The molecule has 0 aliphatic carbocycles. The zero-order valence-corrected chi connectivity index (χ0v) is 14.9. The molecule has 0 fully saturated rings. The van der Waals surface area contributed by atoms with Crippen molar-refractivity contribution >= 4 is 34.8 Å². The Morgan fingerprint density at radius 3 is 2.21 bits per heavy atom. The molecule has 5 heteroatoms. The lowest BCUT2D eigenvalue weighted by atomic mass is 10.1. The summed E-state index contributed by atoms with van der Waals surface area (Å²) >= 11 is 18.2. The van der Waals surface area contributed by atoms with Gasteiger partial charge < -0.3 is 4.74 Å². The molecule has 2 aromatic carbocycles. The van der Waals surface area contributed by atoms with Gasteiger partial charge in [-0.05, 0) is 35.4 Å². The first-order valence-electron chi connectivity index (χ1n) is 7.34. The molecule has 24 heavy (non-hydrogen) atoms. The molecule has 0 N–H and O–H groups in total.